The molecule has 1 heterocycles. The van der Waals surface area contributed by atoms with Crippen LogP contribution in [0, 0.1) is 4.91 Å². The predicted molar refractivity (Wildman–Crippen MR) is 60.1 cm³/mol. The summed E-state index contributed by atoms with van der Waals surface area (Å²) in [5.41, 5.74) is 0.586. The minimum absolute atomic E-state index is 0.0222. The lowest BCUT2D eigenvalue weighted by molar-refractivity contribution is 0.437. The number of aromatic nitrogens is 1. The van der Waals surface area contributed by atoms with Gasteiger partial charge in [0.25, 0.3) is 0 Å². The van der Waals surface area contributed by atoms with Gasteiger partial charge in [0.1, 0.15) is 0 Å². The van der Waals surface area contributed by atoms with Crippen molar-refractivity contribution in [3.05, 3.63) is 27.1 Å². The molecule has 6 heteroatoms. The molecule has 2 aromatic rings. The van der Waals surface area contributed by atoms with Gasteiger partial charge in [-0.05, 0) is 17.3 Å². The average Bonchev–Trinajstić information content (AvgIpc) is 2.42. The van der Waals surface area contributed by atoms with Crippen molar-refractivity contribution in [3.63, 3.8) is 0 Å². The van der Waals surface area contributed by atoms with Gasteiger partial charge in [-0.15, -0.1) is 4.91 Å². The fraction of sp³-hybridized carbons (Fsp3) is 0.111. The molecule has 2 rings (SSSR count). The standard InChI is InChI=1S/C9H6Cl2N2O2/c1-13-7-3-6(11)5(10)2-4(7)8(12-15)9(13)14/h2-3,14H,1H3. The number of benzene rings is 1. The SMILES string of the molecule is Cn1c(O)c(N=O)c2cc(Cl)c(Cl)cc21. The Hall–Kier alpha value is -1.26. The molecular formula is C9H6Cl2N2O2. The van der Waals surface area contributed by atoms with Gasteiger partial charge in [0, 0.05) is 12.4 Å². The van der Waals surface area contributed by atoms with Gasteiger partial charge in [0.2, 0.25) is 5.88 Å². The molecule has 0 radical (unpaired) electrons. The maximum atomic E-state index is 10.6. The predicted octanol–water partition coefficient (Wildman–Crippen LogP) is 3.59. The van der Waals surface area contributed by atoms with E-state index in [2.05, 4.69) is 5.18 Å². The Bertz CT molecular complexity index is 563. The summed E-state index contributed by atoms with van der Waals surface area (Å²) in [7, 11) is 1.61. The second-order valence-electron chi connectivity index (χ2n) is 3.11. The number of hydrogen-bond donors (Lipinski definition) is 1. The second kappa shape index (κ2) is 3.40. The highest BCUT2D eigenvalue weighted by Crippen LogP contribution is 2.40. The Balaban J connectivity index is 2.97. The zero-order valence-electron chi connectivity index (χ0n) is 7.66. The molecule has 15 heavy (non-hydrogen) atoms. The molecule has 1 aromatic heterocycles. The van der Waals surface area contributed by atoms with Crippen molar-refractivity contribution in [2.24, 2.45) is 12.2 Å². The highest BCUT2D eigenvalue weighted by atomic mass is 35.5. The van der Waals surface area contributed by atoms with Crippen LogP contribution in [0.3, 0.4) is 0 Å². The van der Waals surface area contributed by atoms with E-state index in [-0.39, 0.29) is 11.6 Å². The fourth-order valence-corrected chi connectivity index (χ4v) is 1.81. The molecule has 0 bridgehead atoms. The van der Waals surface area contributed by atoms with Gasteiger partial charge in [0.15, 0.2) is 5.69 Å². The lowest BCUT2D eigenvalue weighted by Crippen LogP contribution is -1.85. The highest BCUT2D eigenvalue weighted by Gasteiger charge is 2.16. The van der Waals surface area contributed by atoms with Crippen molar-refractivity contribution in [1.29, 1.82) is 0 Å². The lowest BCUT2D eigenvalue weighted by atomic mass is 10.2. The Morgan fingerprint density at radius 1 is 1.33 bits per heavy atom. The summed E-state index contributed by atoms with van der Waals surface area (Å²) in [6, 6.07) is 3.09. The van der Waals surface area contributed by atoms with E-state index in [9.17, 15) is 10.0 Å². The van der Waals surface area contributed by atoms with Crippen molar-refractivity contribution >= 4 is 39.8 Å². The van der Waals surface area contributed by atoms with E-state index < -0.39 is 0 Å². The summed E-state index contributed by atoms with van der Waals surface area (Å²) in [5.74, 6) is -0.196. The average molecular weight is 245 g/mol. The summed E-state index contributed by atoms with van der Waals surface area (Å²) >= 11 is 11.6. The quantitative estimate of drug-likeness (QED) is 0.780. The highest BCUT2D eigenvalue weighted by molar-refractivity contribution is 6.43. The van der Waals surface area contributed by atoms with Crippen molar-refractivity contribution < 1.29 is 5.11 Å². The minimum Gasteiger partial charge on any atom is -0.493 e. The number of fused-ring (bicyclic) bond motifs is 1. The summed E-state index contributed by atoms with van der Waals surface area (Å²) in [6.07, 6.45) is 0. The molecule has 0 fully saturated rings. The molecule has 1 N–H and O–H groups in total. The first kappa shape index (κ1) is 10.3. The number of halogens is 2. The van der Waals surface area contributed by atoms with Gasteiger partial charge in [0.05, 0.1) is 15.6 Å². The molecular weight excluding hydrogens is 239 g/mol. The molecule has 0 aliphatic carbocycles. The van der Waals surface area contributed by atoms with Crippen LogP contribution in [0.4, 0.5) is 5.69 Å². The van der Waals surface area contributed by atoms with Crippen LogP contribution in [0.25, 0.3) is 10.9 Å². The molecule has 78 valence electrons. The summed E-state index contributed by atoms with van der Waals surface area (Å²) in [5, 5.41) is 13.5. The molecule has 4 nitrogen and oxygen atoms in total. The number of nitroso groups, excluding NO2 is 1. The monoisotopic (exact) mass is 244 g/mol. The largest absolute Gasteiger partial charge is 0.493 e. The van der Waals surface area contributed by atoms with Crippen molar-refractivity contribution in [2.75, 3.05) is 0 Å². The number of aromatic hydroxyl groups is 1. The van der Waals surface area contributed by atoms with E-state index in [1.54, 1.807) is 13.1 Å². The molecule has 0 aliphatic heterocycles. The van der Waals surface area contributed by atoms with Gasteiger partial charge >= 0.3 is 0 Å². The topological polar surface area (TPSA) is 54.6 Å². The van der Waals surface area contributed by atoms with Crippen LogP contribution in [0.15, 0.2) is 17.3 Å². The van der Waals surface area contributed by atoms with Crippen molar-refractivity contribution in [2.45, 2.75) is 0 Å². The molecule has 0 amide bonds. The van der Waals surface area contributed by atoms with Crippen molar-refractivity contribution in [3.8, 4) is 5.88 Å². The zero-order chi connectivity index (χ0) is 11.2. The Morgan fingerprint density at radius 3 is 2.53 bits per heavy atom. The minimum atomic E-state index is -0.196. The molecule has 1 aromatic carbocycles. The molecule has 0 saturated carbocycles. The van der Waals surface area contributed by atoms with Gasteiger partial charge < -0.3 is 9.67 Å². The normalized spacial score (nSPS) is 10.9. The third-order valence-corrected chi connectivity index (χ3v) is 3.00. The van der Waals surface area contributed by atoms with Gasteiger partial charge in [-0.2, -0.15) is 0 Å². The third-order valence-electron chi connectivity index (χ3n) is 2.28. The maximum Gasteiger partial charge on any atom is 0.222 e. The third kappa shape index (κ3) is 1.37. The number of hydrogen-bond acceptors (Lipinski definition) is 3. The smallest absolute Gasteiger partial charge is 0.222 e. The number of nitrogens with zero attached hydrogens (tertiary/aromatic N) is 2. The molecule has 0 saturated heterocycles. The van der Waals surface area contributed by atoms with E-state index in [1.807, 2.05) is 0 Å². The Kier molecular flexibility index (Phi) is 2.32. The van der Waals surface area contributed by atoms with Crippen LogP contribution in [-0.4, -0.2) is 9.67 Å². The van der Waals surface area contributed by atoms with Gasteiger partial charge in [-0.25, -0.2) is 0 Å². The fourth-order valence-electron chi connectivity index (χ4n) is 1.49. The van der Waals surface area contributed by atoms with Crippen LogP contribution in [0.5, 0.6) is 5.88 Å². The zero-order valence-corrected chi connectivity index (χ0v) is 9.17. The first-order chi connectivity index (χ1) is 7.06. The van der Waals surface area contributed by atoms with E-state index in [1.165, 1.54) is 10.6 Å². The van der Waals surface area contributed by atoms with E-state index >= 15 is 0 Å². The molecule has 0 unspecified atom stereocenters. The first-order valence-corrected chi connectivity index (χ1v) is 4.81. The Morgan fingerprint density at radius 2 is 1.93 bits per heavy atom. The van der Waals surface area contributed by atoms with Crippen LogP contribution in [0.1, 0.15) is 0 Å². The first-order valence-electron chi connectivity index (χ1n) is 4.06. The molecule has 0 atom stereocenters. The van der Waals surface area contributed by atoms with Gasteiger partial charge in [-0.1, -0.05) is 23.2 Å². The summed E-state index contributed by atoms with van der Waals surface area (Å²) < 4.78 is 1.42. The summed E-state index contributed by atoms with van der Waals surface area (Å²) in [6.45, 7) is 0. The van der Waals surface area contributed by atoms with Crippen molar-refractivity contribution in [1.82, 2.24) is 4.57 Å². The van der Waals surface area contributed by atoms with Crippen LogP contribution < -0.4 is 0 Å². The Labute approximate surface area is 95.0 Å². The molecule has 0 spiro atoms. The van der Waals surface area contributed by atoms with E-state index in [4.69, 9.17) is 23.2 Å². The van der Waals surface area contributed by atoms with E-state index in [0.29, 0.717) is 20.9 Å². The summed E-state index contributed by atoms with van der Waals surface area (Å²) in [4.78, 5) is 10.6. The van der Waals surface area contributed by atoms with Crippen LogP contribution in [0.2, 0.25) is 10.0 Å². The van der Waals surface area contributed by atoms with Gasteiger partial charge in [-0.3, -0.25) is 0 Å². The van der Waals surface area contributed by atoms with E-state index in [0.717, 1.165) is 0 Å². The van der Waals surface area contributed by atoms with Crippen LogP contribution >= 0.6 is 23.2 Å². The lowest BCUT2D eigenvalue weighted by Gasteiger charge is -1.98. The van der Waals surface area contributed by atoms with Crippen LogP contribution in [-0.2, 0) is 7.05 Å². The number of aryl methyl sites for hydroxylation is 1. The number of rotatable bonds is 1. The maximum absolute atomic E-state index is 10.6. The molecule has 0 aliphatic rings. The second-order valence-corrected chi connectivity index (χ2v) is 3.92.